The molecule has 1 aliphatic heterocycles. The molecular weight excluding hydrogens is 603 g/mol. The standard InChI is InChI=1S/C27H23F6NO6S.Na/c1-26(2,24(35)36)13-20-14-34(41(37,38)21-5-3-4-17(11-21)27(31,32)33)22-10-15(6-7-23(22)39-20)16-8-18(28)12-19(9-16)40-25(29)30;/h3-12,20,25H,13-14H2,1-2H3,(H,35,36);/q;+1/p-1. The number of fused-ring (bicyclic) bond motifs is 1. The van der Waals surface area contributed by atoms with Crippen LogP contribution >= 0.6 is 0 Å². The Labute approximate surface area is 259 Å². The number of sulfonamides is 1. The van der Waals surface area contributed by atoms with Crippen molar-refractivity contribution in [3.8, 4) is 22.6 Å². The van der Waals surface area contributed by atoms with E-state index in [9.17, 15) is 44.7 Å². The van der Waals surface area contributed by atoms with Crippen LogP contribution in [-0.4, -0.2) is 33.6 Å². The van der Waals surface area contributed by atoms with Gasteiger partial charge in [-0.2, -0.15) is 22.0 Å². The monoisotopic (exact) mass is 625 g/mol. The van der Waals surface area contributed by atoms with Crippen molar-refractivity contribution in [1.82, 2.24) is 0 Å². The number of carbonyl (C=O) groups excluding carboxylic acids is 1. The number of nitrogens with zero attached hydrogens (tertiary/aromatic N) is 1. The first-order chi connectivity index (χ1) is 19.0. The number of carboxylic acids is 1. The summed E-state index contributed by atoms with van der Waals surface area (Å²) < 4.78 is 118. The summed E-state index contributed by atoms with van der Waals surface area (Å²) in [5.41, 5.74) is -2.65. The summed E-state index contributed by atoms with van der Waals surface area (Å²) in [5.74, 6) is -2.91. The molecule has 1 atom stereocenters. The number of carboxylic acid groups (broad SMARTS) is 1. The zero-order chi connectivity index (χ0) is 30.3. The summed E-state index contributed by atoms with van der Waals surface area (Å²) in [6, 6.07) is 9.81. The van der Waals surface area contributed by atoms with Gasteiger partial charge in [0.15, 0.2) is 0 Å². The number of ether oxygens (including phenoxy) is 2. The number of carbonyl (C=O) groups is 1. The fourth-order valence-corrected chi connectivity index (χ4v) is 5.88. The molecular formula is C27H22F6NNaO6S. The first kappa shape index (κ1) is 33.6. The van der Waals surface area contributed by atoms with Crippen LogP contribution in [-0.2, 0) is 21.0 Å². The van der Waals surface area contributed by atoms with Crippen LogP contribution < -0.4 is 48.4 Å². The molecule has 42 heavy (non-hydrogen) atoms. The molecule has 0 spiro atoms. The van der Waals surface area contributed by atoms with E-state index in [1.54, 1.807) is 0 Å². The number of benzene rings is 3. The number of rotatable bonds is 8. The molecule has 0 aliphatic carbocycles. The van der Waals surface area contributed by atoms with Crippen molar-refractivity contribution in [3.63, 3.8) is 0 Å². The van der Waals surface area contributed by atoms with Crippen LogP contribution in [0.15, 0.2) is 65.6 Å². The summed E-state index contributed by atoms with van der Waals surface area (Å²) in [7, 11) is -4.71. The number of hydrogen-bond acceptors (Lipinski definition) is 6. The van der Waals surface area contributed by atoms with Crippen LogP contribution in [0, 0.1) is 11.2 Å². The molecule has 7 nitrogen and oxygen atoms in total. The number of aliphatic carboxylic acids is 1. The number of hydrogen-bond donors (Lipinski definition) is 0. The Kier molecular flexibility index (Phi) is 9.87. The van der Waals surface area contributed by atoms with E-state index in [4.69, 9.17) is 4.74 Å². The molecule has 1 aliphatic rings. The van der Waals surface area contributed by atoms with E-state index in [1.807, 2.05) is 0 Å². The SMILES string of the molecule is CC(C)(CC1CN(S(=O)(=O)c2cccc(C(F)(F)F)c2)c2cc(-c3cc(F)cc(OC(F)F)c3)ccc2O1)C(=O)[O-].[Na+]. The van der Waals surface area contributed by atoms with Gasteiger partial charge < -0.3 is 19.4 Å². The Morgan fingerprint density at radius 3 is 2.38 bits per heavy atom. The number of alkyl halides is 5. The zero-order valence-corrected chi connectivity index (χ0v) is 25.2. The average Bonchev–Trinajstić information content (AvgIpc) is 2.86. The van der Waals surface area contributed by atoms with Crippen molar-refractivity contribution < 1.29 is 83.7 Å². The van der Waals surface area contributed by atoms with Gasteiger partial charge >= 0.3 is 42.3 Å². The Bertz CT molecular complexity index is 1580. The molecule has 1 heterocycles. The number of halogens is 6. The van der Waals surface area contributed by atoms with E-state index in [2.05, 4.69) is 4.74 Å². The Morgan fingerprint density at radius 1 is 1.07 bits per heavy atom. The topological polar surface area (TPSA) is 96.0 Å². The molecule has 0 radical (unpaired) electrons. The molecule has 0 N–H and O–H groups in total. The summed E-state index contributed by atoms with van der Waals surface area (Å²) >= 11 is 0. The summed E-state index contributed by atoms with van der Waals surface area (Å²) in [6.07, 6.45) is -6.11. The fraction of sp³-hybridized carbons (Fsp3) is 0.296. The minimum absolute atomic E-state index is 0. The van der Waals surface area contributed by atoms with Gasteiger partial charge in [-0.05, 0) is 60.0 Å². The minimum atomic E-state index is -4.84. The predicted molar refractivity (Wildman–Crippen MR) is 132 cm³/mol. The molecule has 0 saturated heterocycles. The molecule has 0 bridgehead atoms. The van der Waals surface area contributed by atoms with Gasteiger partial charge in [0.25, 0.3) is 10.0 Å². The van der Waals surface area contributed by atoms with Gasteiger partial charge in [-0.3, -0.25) is 4.31 Å². The molecule has 3 aromatic rings. The second-order valence-electron chi connectivity index (χ2n) is 9.91. The van der Waals surface area contributed by atoms with Crippen molar-refractivity contribution in [2.24, 2.45) is 5.41 Å². The van der Waals surface area contributed by atoms with Gasteiger partial charge in [0, 0.05) is 17.5 Å². The van der Waals surface area contributed by atoms with Crippen LogP contribution in [0.2, 0.25) is 0 Å². The molecule has 0 aromatic heterocycles. The second kappa shape index (κ2) is 12.3. The molecule has 220 valence electrons. The van der Waals surface area contributed by atoms with E-state index in [0.29, 0.717) is 12.1 Å². The van der Waals surface area contributed by atoms with Crippen molar-refractivity contribution in [2.45, 2.75) is 44.1 Å². The van der Waals surface area contributed by atoms with E-state index in [0.717, 1.165) is 34.6 Å². The summed E-state index contributed by atoms with van der Waals surface area (Å²) in [6.45, 7) is -1.04. The molecule has 4 rings (SSSR count). The first-order valence-corrected chi connectivity index (χ1v) is 13.4. The Balaban J connectivity index is 0.00000484. The van der Waals surface area contributed by atoms with Gasteiger partial charge in [-0.15, -0.1) is 0 Å². The van der Waals surface area contributed by atoms with Gasteiger partial charge in [-0.1, -0.05) is 26.0 Å². The van der Waals surface area contributed by atoms with Crippen LogP contribution in [0.4, 0.5) is 32.0 Å². The maximum Gasteiger partial charge on any atom is 1.00 e. The van der Waals surface area contributed by atoms with Gasteiger partial charge in [0.2, 0.25) is 0 Å². The summed E-state index contributed by atoms with van der Waals surface area (Å²) in [5, 5.41) is 11.6. The van der Waals surface area contributed by atoms with Crippen molar-refractivity contribution in [3.05, 3.63) is 72.0 Å². The third kappa shape index (κ3) is 7.33. The molecule has 3 aromatic carbocycles. The van der Waals surface area contributed by atoms with E-state index < -0.39 is 68.9 Å². The summed E-state index contributed by atoms with van der Waals surface area (Å²) in [4.78, 5) is 10.9. The van der Waals surface area contributed by atoms with E-state index in [-0.39, 0.29) is 58.5 Å². The predicted octanol–water partition coefficient (Wildman–Crippen LogP) is 2.24. The second-order valence-corrected chi connectivity index (χ2v) is 11.8. The van der Waals surface area contributed by atoms with Crippen LogP contribution in [0.3, 0.4) is 0 Å². The Hall–Kier alpha value is -2.94. The average molecular weight is 626 g/mol. The molecule has 0 saturated carbocycles. The zero-order valence-electron chi connectivity index (χ0n) is 22.4. The minimum Gasteiger partial charge on any atom is -0.550 e. The van der Waals surface area contributed by atoms with Gasteiger partial charge in [0.1, 0.15) is 23.4 Å². The van der Waals surface area contributed by atoms with Crippen molar-refractivity contribution in [2.75, 3.05) is 10.8 Å². The molecule has 0 amide bonds. The third-order valence-corrected chi connectivity index (χ3v) is 8.14. The number of anilines is 1. The van der Waals surface area contributed by atoms with E-state index in [1.165, 1.54) is 32.0 Å². The maximum atomic E-state index is 14.2. The normalized spacial score (nSPS) is 15.5. The van der Waals surface area contributed by atoms with Crippen LogP contribution in [0.25, 0.3) is 11.1 Å². The van der Waals surface area contributed by atoms with Gasteiger partial charge in [-0.25, -0.2) is 12.8 Å². The smallest absolute Gasteiger partial charge is 0.550 e. The molecule has 15 heteroatoms. The van der Waals surface area contributed by atoms with Gasteiger partial charge in [0.05, 0.1) is 22.7 Å². The Morgan fingerprint density at radius 2 is 1.76 bits per heavy atom. The van der Waals surface area contributed by atoms with Crippen molar-refractivity contribution >= 4 is 21.7 Å². The van der Waals surface area contributed by atoms with Crippen molar-refractivity contribution in [1.29, 1.82) is 0 Å². The largest absolute Gasteiger partial charge is 1.00 e. The molecule has 0 fully saturated rings. The first-order valence-electron chi connectivity index (χ1n) is 12.0. The maximum absolute atomic E-state index is 14.2. The fourth-order valence-electron chi connectivity index (χ4n) is 4.34. The molecule has 1 unspecified atom stereocenters. The van der Waals surface area contributed by atoms with E-state index >= 15 is 0 Å². The third-order valence-electron chi connectivity index (χ3n) is 6.36. The van der Waals surface area contributed by atoms with Crippen LogP contribution in [0.1, 0.15) is 25.8 Å². The quantitative estimate of drug-likeness (QED) is 0.282. The van der Waals surface area contributed by atoms with Crippen LogP contribution in [0.5, 0.6) is 11.5 Å².